The fraction of sp³-hybridized carbons (Fsp3) is 0.435. The quantitative estimate of drug-likeness (QED) is 0.671. The second kappa shape index (κ2) is 10.7. The van der Waals surface area contributed by atoms with Crippen LogP contribution in [-0.2, 0) is 4.79 Å². The fourth-order valence-corrected chi connectivity index (χ4v) is 3.20. The molecule has 2 rings (SSSR count). The van der Waals surface area contributed by atoms with Gasteiger partial charge in [-0.1, -0.05) is 30.3 Å². The molecular formula is C23H32N2O3. The number of hydrogen-bond acceptors (Lipinski definition) is 4. The molecular weight excluding hydrogens is 352 g/mol. The maximum Gasteiger partial charge on any atom is 0.265 e. The molecule has 0 spiro atoms. The summed E-state index contributed by atoms with van der Waals surface area (Å²) in [6.45, 7) is 10.0. The summed E-state index contributed by atoms with van der Waals surface area (Å²) in [6.07, 6.45) is -0.722. The number of nitrogens with zero attached hydrogens (tertiary/aromatic N) is 1. The van der Waals surface area contributed by atoms with Gasteiger partial charge in [-0.3, -0.25) is 9.69 Å². The molecule has 0 unspecified atom stereocenters. The summed E-state index contributed by atoms with van der Waals surface area (Å²) in [4.78, 5) is 15.3. The molecule has 2 aromatic rings. The number of amides is 1. The van der Waals surface area contributed by atoms with E-state index in [2.05, 4.69) is 37.9 Å². The Balaban J connectivity index is 2.10. The van der Waals surface area contributed by atoms with Crippen molar-refractivity contribution in [1.82, 2.24) is 10.2 Å². The second-order valence-electron chi connectivity index (χ2n) is 7.30. The Morgan fingerprint density at radius 2 is 1.54 bits per heavy atom. The molecule has 0 radical (unpaired) electrons. The van der Waals surface area contributed by atoms with Crippen molar-refractivity contribution in [3.8, 4) is 11.5 Å². The molecule has 0 aromatic heterocycles. The molecule has 0 saturated heterocycles. The molecule has 5 heteroatoms. The Labute approximate surface area is 168 Å². The number of hydrogen-bond donors (Lipinski definition) is 1. The van der Waals surface area contributed by atoms with E-state index in [0.29, 0.717) is 24.4 Å². The fourth-order valence-electron chi connectivity index (χ4n) is 3.20. The molecule has 152 valence electrons. The van der Waals surface area contributed by atoms with Crippen molar-refractivity contribution in [3.05, 3.63) is 60.2 Å². The lowest BCUT2D eigenvalue weighted by Crippen LogP contribution is -2.43. The number of para-hydroxylation sites is 1. The molecule has 0 aliphatic heterocycles. The molecule has 0 aliphatic carbocycles. The van der Waals surface area contributed by atoms with Gasteiger partial charge in [0.25, 0.3) is 5.91 Å². The van der Waals surface area contributed by atoms with Crippen LogP contribution in [0.25, 0.3) is 0 Å². The van der Waals surface area contributed by atoms with Crippen LogP contribution in [0.1, 0.15) is 39.4 Å². The summed E-state index contributed by atoms with van der Waals surface area (Å²) in [6, 6.07) is 17.6. The van der Waals surface area contributed by atoms with Gasteiger partial charge in [-0.25, -0.2) is 0 Å². The van der Waals surface area contributed by atoms with Crippen molar-refractivity contribution in [1.29, 1.82) is 0 Å². The number of benzene rings is 2. The largest absolute Gasteiger partial charge is 0.497 e. The minimum Gasteiger partial charge on any atom is -0.497 e. The standard InChI is InChI=1S/C23H32N2O3/c1-17(2)25(18(3)4)16-15-24-23(26)22(28-21-9-7-6-8-10-21)19-11-13-20(27-5)14-12-19/h6-14,17-18,22H,15-16H2,1-5H3,(H,24,26)/t22-/m0/s1. The smallest absolute Gasteiger partial charge is 0.265 e. The van der Waals surface area contributed by atoms with Crippen molar-refractivity contribution in [3.63, 3.8) is 0 Å². The van der Waals surface area contributed by atoms with E-state index in [1.165, 1.54) is 0 Å². The third-order valence-electron chi connectivity index (χ3n) is 4.65. The molecule has 2 aromatic carbocycles. The van der Waals surface area contributed by atoms with Gasteiger partial charge >= 0.3 is 0 Å². The Morgan fingerprint density at radius 1 is 0.929 bits per heavy atom. The van der Waals surface area contributed by atoms with Gasteiger partial charge in [0.15, 0.2) is 0 Å². The first-order valence-corrected chi connectivity index (χ1v) is 9.81. The maximum atomic E-state index is 12.9. The van der Waals surface area contributed by atoms with Crippen LogP contribution in [0.5, 0.6) is 11.5 Å². The summed E-state index contributed by atoms with van der Waals surface area (Å²) in [7, 11) is 1.62. The minimum atomic E-state index is -0.722. The van der Waals surface area contributed by atoms with Crippen LogP contribution in [0.2, 0.25) is 0 Å². The highest BCUT2D eigenvalue weighted by Crippen LogP contribution is 2.24. The lowest BCUT2D eigenvalue weighted by Gasteiger charge is -2.30. The highest BCUT2D eigenvalue weighted by Gasteiger charge is 2.23. The first kappa shape index (κ1) is 21.8. The van der Waals surface area contributed by atoms with E-state index in [0.717, 1.165) is 17.9 Å². The molecule has 0 saturated carbocycles. The van der Waals surface area contributed by atoms with Crippen LogP contribution >= 0.6 is 0 Å². The average Bonchev–Trinajstić information content (AvgIpc) is 2.69. The Morgan fingerprint density at radius 3 is 2.07 bits per heavy atom. The van der Waals surface area contributed by atoms with Crippen LogP contribution in [0.4, 0.5) is 0 Å². The van der Waals surface area contributed by atoms with Crippen molar-refractivity contribution in [2.45, 2.75) is 45.9 Å². The minimum absolute atomic E-state index is 0.151. The molecule has 0 heterocycles. The van der Waals surface area contributed by atoms with Crippen molar-refractivity contribution in [2.24, 2.45) is 0 Å². The summed E-state index contributed by atoms with van der Waals surface area (Å²) < 4.78 is 11.2. The molecule has 1 atom stereocenters. The topological polar surface area (TPSA) is 50.8 Å². The SMILES string of the molecule is COc1ccc([C@H](Oc2ccccc2)C(=O)NCCN(C(C)C)C(C)C)cc1. The molecule has 0 aliphatic rings. The van der Waals surface area contributed by atoms with Crippen LogP contribution in [-0.4, -0.2) is 43.1 Å². The number of carbonyl (C=O) groups excluding carboxylic acids is 1. The third kappa shape index (κ3) is 6.27. The van der Waals surface area contributed by atoms with Gasteiger partial charge in [-0.05, 0) is 52.0 Å². The lowest BCUT2D eigenvalue weighted by molar-refractivity contribution is -0.128. The monoisotopic (exact) mass is 384 g/mol. The van der Waals surface area contributed by atoms with E-state index >= 15 is 0 Å². The first-order chi connectivity index (χ1) is 13.4. The van der Waals surface area contributed by atoms with Gasteiger partial charge in [0.05, 0.1) is 7.11 Å². The maximum absolute atomic E-state index is 12.9. The van der Waals surface area contributed by atoms with E-state index in [4.69, 9.17) is 9.47 Å². The summed E-state index contributed by atoms with van der Waals surface area (Å²) in [5.41, 5.74) is 0.784. The highest BCUT2D eigenvalue weighted by molar-refractivity contribution is 5.82. The van der Waals surface area contributed by atoms with Gasteiger partial charge in [0, 0.05) is 30.7 Å². The molecule has 0 fully saturated rings. The van der Waals surface area contributed by atoms with Crippen LogP contribution in [0.15, 0.2) is 54.6 Å². The zero-order chi connectivity index (χ0) is 20.5. The molecule has 1 amide bonds. The highest BCUT2D eigenvalue weighted by atomic mass is 16.5. The molecule has 1 N–H and O–H groups in total. The van der Waals surface area contributed by atoms with E-state index in [9.17, 15) is 4.79 Å². The Hall–Kier alpha value is -2.53. The van der Waals surface area contributed by atoms with Gasteiger partial charge in [0.1, 0.15) is 11.5 Å². The number of nitrogens with one attached hydrogen (secondary N) is 1. The zero-order valence-corrected chi connectivity index (χ0v) is 17.5. The third-order valence-corrected chi connectivity index (χ3v) is 4.65. The predicted octanol–water partition coefficient (Wildman–Crippen LogP) is 4.05. The summed E-state index contributed by atoms with van der Waals surface area (Å²) in [5, 5.41) is 3.03. The van der Waals surface area contributed by atoms with Crippen LogP contribution in [0.3, 0.4) is 0 Å². The van der Waals surface area contributed by atoms with Gasteiger partial charge in [-0.15, -0.1) is 0 Å². The number of ether oxygens (including phenoxy) is 2. The van der Waals surface area contributed by atoms with Crippen molar-refractivity contribution < 1.29 is 14.3 Å². The van der Waals surface area contributed by atoms with E-state index < -0.39 is 6.10 Å². The number of rotatable bonds is 10. The van der Waals surface area contributed by atoms with Crippen LogP contribution < -0.4 is 14.8 Å². The lowest BCUT2D eigenvalue weighted by atomic mass is 10.1. The van der Waals surface area contributed by atoms with E-state index in [-0.39, 0.29) is 5.91 Å². The molecule has 28 heavy (non-hydrogen) atoms. The molecule has 5 nitrogen and oxygen atoms in total. The second-order valence-corrected chi connectivity index (χ2v) is 7.30. The van der Waals surface area contributed by atoms with Crippen molar-refractivity contribution in [2.75, 3.05) is 20.2 Å². The Bertz CT molecular complexity index is 706. The van der Waals surface area contributed by atoms with Gasteiger partial charge in [-0.2, -0.15) is 0 Å². The van der Waals surface area contributed by atoms with Gasteiger partial charge < -0.3 is 14.8 Å². The first-order valence-electron chi connectivity index (χ1n) is 9.81. The number of methoxy groups -OCH3 is 1. The molecule has 0 bridgehead atoms. The summed E-state index contributed by atoms with van der Waals surface area (Å²) >= 11 is 0. The Kier molecular flexibility index (Phi) is 8.33. The van der Waals surface area contributed by atoms with E-state index in [1.54, 1.807) is 7.11 Å². The van der Waals surface area contributed by atoms with Crippen molar-refractivity contribution >= 4 is 5.91 Å². The number of carbonyl (C=O) groups is 1. The summed E-state index contributed by atoms with van der Waals surface area (Å²) in [5.74, 6) is 1.25. The van der Waals surface area contributed by atoms with Crippen LogP contribution in [0, 0.1) is 0 Å². The predicted molar refractivity (Wildman–Crippen MR) is 113 cm³/mol. The van der Waals surface area contributed by atoms with Gasteiger partial charge in [0.2, 0.25) is 6.10 Å². The normalized spacial score (nSPS) is 12.3. The van der Waals surface area contributed by atoms with E-state index in [1.807, 2.05) is 54.6 Å². The zero-order valence-electron chi connectivity index (χ0n) is 17.5. The average molecular weight is 385 g/mol.